The lowest BCUT2D eigenvalue weighted by molar-refractivity contribution is -0.120. The van der Waals surface area contributed by atoms with E-state index in [1.165, 1.54) is 33.7 Å². The Bertz CT molecular complexity index is 1290. The third-order valence-corrected chi connectivity index (χ3v) is 9.56. The first kappa shape index (κ1) is 23.5. The summed E-state index contributed by atoms with van der Waals surface area (Å²) in [5.74, 6) is 0.606. The van der Waals surface area contributed by atoms with Gasteiger partial charge in [-0.15, -0.1) is 11.3 Å². The second kappa shape index (κ2) is 9.82. The molecule has 5 rings (SSSR count). The van der Waals surface area contributed by atoms with Crippen molar-refractivity contribution < 1.29 is 9.18 Å². The number of aryl methyl sites for hydroxylation is 2. The molecule has 0 radical (unpaired) electrons. The summed E-state index contributed by atoms with van der Waals surface area (Å²) in [7, 11) is 0. The molecule has 0 aliphatic heterocycles. The maximum atomic E-state index is 14.8. The SMILES string of the molecule is CC1CCCC(NC(=O)CSc2nc3sc4c(c3c(=O)n2-c2ccccc2F)CCCC4)C1C. The van der Waals surface area contributed by atoms with Gasteiger partial charge in [-0.1, -0.05) is 50.6 Å². The summed E-state index contributed by atoms with van der Waals surface area (Å²) in [6.07, 6.45) is 7.29. The van der Waals surface area contributed by atoms with Gasteiger partial charge in [0.05, 0.1) is 16.8 Å². The molecule has 1 amide bonds. The van der Waals surface area contributed by atoms with Crippen molar-refractivity contribution in [2.24, 2.45) is 11.8 Å². The molecular formula is C26H30FN3O2S2. The highest BCUT2D eigenvalue weighted by Crippen LogP contribution is 2.35. The number of hydrogen-bond donors (Lipinski definition) is 1. The number of thiophene rings is 1. The molecule has 2 aliphatic rings. The molecule has 2 aliphatic carbocycles. The Morgan fingerprint density at radius 3 is 2.82 bits per heavy atom. The van der Waals surface area contributed by atoms with Crippen LogP contribution in [0.5, 0.6) is 0 Å². The average Bonchev–Trinajstić information content (AvgIpc) is 3.20. The van der Waals surface area contributed by atoms with Crippen molar-refractivity contribution in [2.45, 2.75) is 70.0 Å². The van der Waals surface area contributed by atoms with E-state index in [9.17, 15) is 14.0 Å². The number of halogens is 1. The van der Waals surface area contributed by atoms with E-state index in [4.69, 9.17) is 4.98 Å². The van der Waals surface area contributed by atoms with Crippen LogP contribution in [0.15, 0.2) is 34.2 Å². The van der Waals surface area contributed by atoms with Gasteiger partial charge in [-0.2, -0.15) is 0 Å². The van der Waals surface area contributed by atoms with E-state index in [2.05, 4.69) is 19.2 Å². The van der Waals surface area contributed by atoms with Crippen molar-refractivity contribution in [2.75, 3.05) is 5.75 Å². The van der Waals surface area contributed by atoms with Crippen LogP contribution in [0.1, 0.15) is 56.4 Å². The van der Waals surface area contributed by atoms with Crippen molar-refractivity contribution in [3.8, 4) is 5.69 Å². The number of nitrogens with one attached hydrogen (secondary N) is 1. The molecule has 1 N–H and O–H groups in total. The quantitative estimate of drug-likeness (QED) is 0.372. The Balaban J connectivity index is 1.48. The van der Waals surface area contributed by atoms with Gasteiger partial charge in [0.2, 0.25) is 5.91 Å². The maximum absolute atomic E-state index is 14.8. The number of benzene rings is 1. The molecule has 0 bridgehead atoms. The highest BCUT2D eigenvalue weighted by atomic mass is 32.2. The first-order valence-electron chi connectivity index (χ1n) is 12.2. The van der Waals surface area contributed by atoms with Gasteiger partial charge in [0.25, 0.3) is 5.56 Å². The second-order valence-electron chi connectivity index (χ2n) is 9.61. The van der Waals surface area contributed by atoms with E-state index in [0.717, 1.165) is 44.1 Å². The van der Waals surface area contributed by atoms with Gasteiger partial charge in [-0.3, -0.25) is 14.2 Å². The Kier molecular flexibility index (Phi) is 6.80. The standard InChI is InChI=1S/C26H30FN3O2S2/c1-15-8-7-11-19(16(15)2)28-22(31)14-33-26-29-24-23(17-9-3-6-13-21(17)34-24)25(32)30(26)20-12-5-4-10-18(20)27/h4-5,10,12,15-16,19H,3,6-9,11,13-14H2,1-2H3,(H,28,31). The lowest BCUT2D eigenvalue weighted by atomic mass is 9.78. The summed E-state index contributed by atoms with van der Waals surface area (Å²) >= 11 is 2.77. The van der Waals surface area contributed by atoms with Crippen LogP contribution >= 0.6 is 23.1 Å². The van der Waals surface area contributed by atoms with E-state index in [-0.39, 0.29) is 28.9 Å². The third kappa shape index (κ3) is 4.42. The minimum atomic E-state index is -0.480. The maximum Gasteiger partial charge on any atom is 0.267 e. The summed E-state index contributed by atoms with van der Waals surface area (Å²) in [6, 6.07) is 6.44. The van der Waals surface area contributed by atoms with Crippen LogP contribution in [0.2, 0.25) is 0 Å². The Labute approximate surface area is 207 Å². The lowest BCUT2D eigenvalue weighted by Gasteiger charge is -2.34. The first-order chi connectivity index (χ1) is 16.4. The molecule has 5 nitrogen and oxygen atoms in total. The number of fused-ring (bicyclic) bond motifs is 3. The smallest absolute Gasteiger partial charge is 0.267 e. The highest BCUT2D eigenvalue weighted by molar-refractivity contribution is 7.99. The van der Waals surface area contributed by atoms with Crippen LogP contribution in [0, 0.1) is 17.7 Å². The number of para-hydroxylation sites is 1. The molecule has 3 unspecified atom stereocenters. The third-order valence-electron chi connectivity index (χ3n) is 7.44. The lowest BCUT2D eigenvalue weighted by Crippen LogP contribution is -2.44. The van der Waals surface area contributed by atoms with Gasteiger partial charge in [-0.25, -0.2) is 9.37 Å². The van der Waals surface area contributed by atoms with Gasteiger partial charge in [0.15, 0.2) is 5.16 Å². The predicted molar refractivity (Wildman–Crippen MR) is 137 cm³/mol. The number of thioether (sulfide) groups is 1. The highest BCUT2D eigenvalue weighted by Gasteiger charge is 2.29. The van der Waals surface area contributed by atoms with E-state index < -0.39 is 5.82 Å². The van der Waals surface area contributed by atoms with E-state index in [1.807, 2.05) is 0 Å². The number of rotatable bonds is 5. The zero-order valence-corrected chi connectivity index (χ0v) is 21.2. The number of nitrogens with zero attached hydrogens (tertiary/aromatic N) is 2. The number of hydrogen-bond acceptors (Lipinski definition) is 5. The number of aromatic nitrogens is 2. The van der Waals surface area contributed by atoms with Crippen LogP contribution < -0.4 is 10.9 Å². The molecule has 8 heteroatoms. The average molecular weight is 500 g/mol. The van der Waals surface area contributed by atoms with Crippen molar-refractivity contribution in [1.29, 1.82) is 0 Å². The Morgan fingerprint density at radius 1 is 1.21 bits per heavy atom. The molecule has 2 aromatic heterocycles. The van der Waals surface area contributed by atoms with E-state index in [1.54, 1.807) is 29.5 Å². The van der Waals surface area contributed by atoms with Crippen molar-refractivity contribution in [1.82, 2.24) is 14.9 Å². The Morgan fingerprint density at radius 2 is 2.00 bits per heavy atom. The van der Waals surface area contributed by atoms with Gasteiger partial charge >= 0.3 is 0 Å². The molecule has 1 saturated carbocycles. The van der Waals surface area contributed by atoms with Crippen LogP contribution in [-0.2, 0) is 17.6 Å². The predicted octanol–water partition coefficient (Wildman–Crippen LogP) is 5.50. The van der Waals surface area contributed by atoms with Gasteiger partial charge in [-0.05, 0) is 61.6 Å². The van der Waals surface area contributed by atoms with Gasteiger partial charge in [0, 0.05) is 10.9 Å². The molecule has 2 heterocycles. The molecule has 34 heavy (non-hydrogen) atoms. The van der Waals surface area contributed by atoms with Crippen molar-refractivity contribution in [3.05, 3.63) is 50.9 Å². The topological polar surface area (TPSA) is 64.0 Å². The molecule has 3 atom stereocenters. The number of amides is 1. The van der Waals surface area contributed by atoms with E-state index >= 15 is 0 Å². The monoisotopic (exact) mass is 499 g/mol. The van der Waals surface area contributed by atoms with E-state index in [0.29, 0.717) is 27.2 Å². The molecule has 1 fully saturated rings. The molecule has 1 aromatic carbocycles. The minimum absolute atomic E-state index is 0.0733. The fourth-order valence-electron chi connectivity index (χ4n) is 5.29. The van der Waals surface area contributed by atoms with Crippen LogP contribution in [0.25, 0.3) is 15.9 Å². The first-order valence-corrected chi connectivity index (χ1v) is 14.0. The largest absolute Gasteiger partial charge is 0.352 e. The number of carbonyl (C=O) groups is 1. The molecule has 180 valence electrons. The zero-order chi connectivity index (χ0) is 23.8. The van der Waals surface area contributed by atoms with Crippen LogP contribution in [0.3, 0.4) is 0 Å². The van der Waals surface area contributed by atoms with Crippen LogP contribution in [0.4, 0.5) is 4.39 Å². The minimum Gasteiger partial charge on any atom is -0.352 e. The summed E-state index contributed by atoms with van der Waals surface area (Å²) in [5.41, 5.74) is 1.01. The molecule has 0 saturated heterocycles. The zero-order valence-electron chi connectivity index (χ0n) is 19.6. The Hall–Kier alpha value is -2.19. The normalized spacial score (nSPS) is 22.5. The molecule has 0 spiro atoms. The van der Waals surface area contributed by atoms with Gasteiger partial charge in [0.1, 0.15) is 10.6 Å². The number of carbonyl (C=O) groups excluding carboxylic acids is 1. The van der Waals surface area contributed by atoms with Gasteiger partial charge < -0.3 is 5.32 Å². The summed E-state index contributed by atoms with van der Waals surface area (Å²) < 4.78 is 16.2. The van der Waals surface area contributed by atoms with Crippen LogP contribution in [-0.4, -0.2) is 27.3 Å². The summed E-state index contributed by atoms with van der Waals surface area (Å²) in [5, 5.41) is 4.16. The summed E-state index contributed by atoms with van der Waals surface area (Å²) in [4.78, 5) is 33.3. The fraction of sp³-hybridized carbons (Fsp3) is 0.500. The summed E-state index contributed by atoms with van der Waals surface area (Å²) in [6.45, 7) is 4.44. The second-order valence-corrected chi connectivity index (χ2v) is 11.6. The molecule has 3 aromatic rings. The van der Waals surface area contributed by atoms with Crippen molar-refractivity contribution >= 4 is 39.2 Å². The molecular weight excluding hydrogens is 469 g/mol. The van der Waals surface area contributed by atoms with Crippen molar-refractivity contribution in [3.63, 3.8) is 0 Å². The fourth-order valence-corrected chi connectivity index (χ4v) is 7.41.